The molecule has 0 N–H and O–H groups in total. The van der Waals surface area contributed by atoms with Crippen LogP contribution in [-0.4, -0.2) is 18.0 Å². The molecule has 0 aromatic heterocycles. The van der Waals surface area contributed by atoms with E-state index in [1.165, 1.54) is 0 Å². The summed E-state index contributed by atoms with van der Waals surface area (Å²) in [6, 6.07) is 8.71. The van der Waals surface area contributed by atoms with Crippen LogP contribution in [0.15, 0.2) is 35.5 Å². The minimum absolute atomic E-state index is 0.215. The van der Waals surface area contributed by atoms with Crippen LogP contribution in [-0.2, 0) is 4.84 Å². The number of alkyl halides is 3. The van der Waals surface area contributed by atoms with Crippen molar-refractivity contribution >= 4 is 5.71 Å². The van der Waals surface area contributed by atoms with Crippen LogP contribution >= 0.6 is 0 Å². The monoisotopic (exact) mass is 215 g/mol. The summed E-state index contributed by atoms with van der Waals surface area (Å²) in [6.07, 6.45) is -6.36. The minimum atomic E-state index is -4.35. The molecular formula is C10H8F3NO. The molecule has 0 saturated carbocycles. The van der Waals surface area contributed by atoms with Gasteiger partial charge in [0, 0.05) is 6.42 Å². The van der Waals surface area contributed by atoms with E-state index in [0.717, 1.165) is 0 Å². The van der Waals surface area contributed by atoms with Gasteiger partial charge in [0.1, 0.15) is 0 Å². The van der Waals surface area contributed by atoms with Gasteiger partial charge in [-0.3, -0.25) is 0 Å². The van der Waals surface area contributed by atoms with Crippen LogP contribution < -0.4 is 0 Å². The first-order chi connectivity index (χ1) is 7.07. The third kappa shape index (κ3) is 2.11. The fourth-order valence-electron chi connectivity index (χ4n) is 1.35. The van der Waals surface area contributed by atoms with Gasteiger partial charge in [-0.15, -0.1) is 0 Å². The molecule has 80 valence electrons. The first-order valence-corrected chi connectivity index (χ1v) is 4.42. The third-order valence-corrected chi connectivity index (χ3v) is 2.14. The third-order valence-electron chi connectivity index (χ3n) is 2.14. The minimum Gasteiger partial charge on any atom is -0.382 e. The molecule has 0 bridgehead atoms. The smallest absolute Gasteiger partial charge is 0.382 e. The van der Waals surface area contributed by atoms with Gasteiger partial charge in [0.2, 0.25) is 6.10 Å². The van der Waals surface area contributed by atoms with Crippen LogP contribution in [0.3, 0.4) is 0 Å². The zero-order chi connectivity index (χ0) is 10.9. The Morgan fingerprint density at radius 2 is 1.87 bits per heavy atom. The molecule has 0 saturated heterocycles. The molecule has 0 fully saturated rings. The van der Waals surface area contributed by atoms with Crippen LogP contribution in [0.5, 0.6) is 0 Å². The fourth-order valence-corrected chi connectivity index (χ4v) is 1.35. The highest BCUT2D eigenvalue weighted by molar-refractivity contribution is 6.01. The van der Waals surface area contributed by atoms with E-state index in [1.807, 2.05) is 0 Å². The molecular weight excluding hydrogens is 207 g/mol. The normalized spacial score (nSPS) is 21.0. The Morgan fingerprint density at radius 3 is 2.40 bits per heavy atom. The van der Waals surface area contributed by atoms with Gasteiger partial charge in [0.05, 0.1) is 5.71 Å². The van der Waals surface area contributed by atoms with E-state index in [-0.39, 0.29) is 6.42 Å². The molecule has 2 rings (SSSR count). The van der Waals surface area contributed by atoms with E-state index in [2.05, 4.69) is 9.99 Å². The highest BCUT2D eigenvalue weighted by Crippen LogP contribution is 2.30. The molecule has 1 aliphatic heterocycles. The highest BCUT2D eigenvalue weighted by atomic mass is 19.4. The van der Waals surface area contributed by atoms with Gasteiger partial charge in [0.15, 0.2) is 0 Å². The summed E-state index contributed by atoms with van der Waals surface area (Å²) in [5, 5.41) is 3.45. The number of halogens is 3. The Labute approximate surface area is 84.3 Å². The van der Waals surface area contributed by atoms with Crippen molar-refractivity contribution in [1.29, 1.82) is 0 Å². The standard InChI is InChI=1S/C10H8F3NO/c11-10(12,13)9-6-8(14-15-9)7-4-2-1-3-5-7/h1-5,9H,6H2. The van der Waals surface area contributed by atoms with Crippen molar-refractivity contribution in [3.8, 4) is 0 Å². The van der Waals surface area contributed by atoms with Crippen LogP contribution in [0.4, 0.5) is 13.2 Å². The number of benzene rings is 1. The lowest BCUT2D eigenvalue weighted by Gasteiger charge is -2.11. The van der Waals surface area contributed by atoms with Crippen LogP contribution in [0, 0.1) is 0 Å². The fraction of sp³-hybridized carbons (Fsp3) is 0.300. The van der Waals surface area contributed by atoms with Crippen molar-refractivity contribution in [1.82, 2.24) is 0 Å². The maximum atomic E-state index is 12.3. The Morgan fingerprint density at radius 1 is 1.20 bits per heavy atom. The molecule has 5 heteroatoms. The topological polar surface area (TPSA) is 21.6 Å². The number of nitrogens with zero attached hydrogens (tertiary/aromatic N) is 1. The van der Waals surface area contributed by atoms with Crippen molar-refractivity contribution in [2.45, 2.75) is 18.7 Å². The largest absolute Gasteiger partial charge is 0.428 e. The van der Waals surface area contributed by atoms with Crippen molar-refractivity contribution in [2.75, 3.05) is 0 Å². The first kappa shape index (κ1) is 10.0. The van der Waals surface area contributed by atoms with Crippen molar-refractivity contribution in [2.24, 2.45) is 5.16 Å². The average molecular weight is 215 g/mol. The van der Waals surface area contributed by atoms with Gasteiger partial charge in [-0.25, -0.2) is 0 Å². The van der Waals surface area contributed by atoms with E-state index < -0.39 is 12.3 Å². The Hall–Kier alpha value is -1.52. The Bertz CT molecular complexity index is 372. The zero-order valence-corrected chi connectivity index (χ0v) is 7.66. The van der Waals surface area contributed by atoms with Gasteiger partial charge in [-0.2, -0.15) is 13.2 Å². The maximum absolute atomic E-state index is 12.3. The SMILES string of the molecule is FC(F)(F)C1CC(c2ccccc2)=NO1. The maximum Gasteiger partial charge on any atom is 0.428 e. The molecule has 0 aliphatic carbocycles. The van der Waals surface area contributed by atoms with E-state index in [9.17, 15) is 13.2 Å². The zero-order valence-electron chi connectivity index (χ0n) is 7.66. The van der Waals surface area contributed by atoms with Crippen molar-refractivity contribution in [3.63, 3.8) is 0 Å². The van der Waals surface area contributed by atoms with Crippen molar-refractivity contribution in [3.05, 3.63) is 35.9 Å². The molecule has 0 radical (unpaired) electrons. The first-order valence-electron chi connectivity index (χ1n) is 4.42. The van der Waals surface area contributed by atoms with Gasteiger partial charge in [-0.1, -0.05) is 35.5 Å². The molecule has 1 heterocycles. The summed E-state index contributed by atoms with van der Waals surface area (Å²) in [7, 11) is 0. The molecule has 2 nitrogen and oxygen atoms in total. The molecule has 1 aromatic rings. The lowest BCUT2D eigenvalue weighted by Crippen LogP contribution is -2.28. The lowest BCUT2D eigenvalue weighted by molar-refractivity contribution is -0.212. The summed E-state index contributed by atoms with van der Waals surface area (Å²) in [5.41, 5.74) is 1.02. The second kappa shape index (κ2) is 3.56. The second-order valence-corrected chi connectivity index (χ2v) is 3.24. The van der Waals surface area contributed by atoms with Crippen LogP contribution in [0.25, 0.3) is 0 Å². The number of rotatable bonds is 1. The van der Waals surface area contributed by atoms with Crippen LogP contribution in [0.2, 0.25) is 0 Å². The Balaban J connectivity index is 2.11. The predicted octanol–water partition coefficient (Wildman–Crippen LogP) is 2.74. The summed E-state index contributed by atoms with van der Waals surface area (Å²) in [6.45, 7) is 0. The van der Waals surface area contributed by atoms with Gasteiger partial charge in [0.25, 0.3) is 0 Å². The van der Waals surface area contributed by atoms with E-state index in [1.54, 1.807) is 30.3 Å². The lowest BCUT2D eigenvalue weighted by atomic mass is 10.1. The molecule has 1 aromatic carbocycles. The van der Waals surface area contributed by atoms with Crippen molar-refractivity contribution < 1.29 is 18.0 Å². The quantitative estimate of drug-likeness (QED) is 0.705. The highest BCUT2D eigenvalue weighted by Gasteiger charge is 2.45. The Kier molecular flexibility index (Phi) is 2.38. The average Bonchev–Trinajstić information content (AvgIpc) is 2.67. The second-order valence-electron chi connectivity index (χ2n) is 3.24. The number of oxime groups is 1. The molecule has 0 spiro atoms. The molecule has 15 heavy (non-hydrogen) atoms. The number of hydrogen-bond donors (Lipinski definition) is 0. The molecule has 1 aliphatic rings. The predicted molar refractivity (Wildman–Crippen MR) is 48.5 cm³/mol. The number of hydrogen-bond acceptors (Lipinski definition) is 2. The van der Waals surface area contributed by atoms with Gasteiger partial charge < -0.3 is 4.84 Å². The summed E-state index contributed by atoms with van der Waals surface area (Å²) >= 11 is 0. The van der Waals surface area contributed by atoms with Crippen LogP contribution in [0.1, 0.15) is 12.0 Å². The molecule has 0 amide bonds. The summed E-state index contributed by atoms with van der Waals surface area (Å²) < 4.78 is 36.8. The summed E-state index contributed by atoms with van der Waals surface area (Å²) in [5.74, 6) is 0. The molecule has 1 atom stereocenters. The van der Waals surface area contributed by atoms with E-state index in [0.29, 0.717) is 11.3 Å². The van der Waals surface area contributed by atoms with E-state index >= 15 is 0 Å². The summed E-state index contributed by atoms with van der Waals surface area (Å²) in [4.78, 5) is 4.35. The molecule has 1 unspecified atom stereocenters. The van der Waals surface area contributed by atoms with Gasteiger partial charge >= 0.3 is 6.18 Å². The van der Waals surface area contributed by atoms with E-state index in [4.69, 9.17) is 0 Å². The van der Waals surface area contributed by atoms with Gasteiger partial charge in [-0.05, 0) is 5.56 Å².